The van der Waals surface area contributed by atoms with Gasteiger partial charge in [0.15, 0.2) is 5.16 Å². The first kappa shape index (κ1) is 22.4. The smallest absolute Gasteiger partial charge is 0.243 e. The molecule has 2 aromatic rings. The van der Waals surface area contributed by atoms with Gasteiger partial charge in [0.2, 0.25) is 15.9 Å². The van der Waals surface area contributed by atoms with Gasteiger partial charge in [-0.3, -0.25) is 4.79 Å². The molecule has 0 saturated carbocycles. The third-order valence-corrected chi connectivity index (χ3v) is 7.28. The Morgan fingerprint density at radius 2 is 1.79 bits per heavy atom. The number of anilines is 1. The second-order valence-electron chi connectivity index (χ2n) is 6.51. The number of rotatable bonds is 9. The van der Waals surface area contributed by atoms with Crippen LogP contribution in [0.4, 0.5) is 5.69 Å². The van der Waals surface area contributed by atoms with E-state index in [9.17, 15) is 13.2 Å². The van der Waals surface area contributed by atoms with Crippen molar-refractivity contribution >= 4 is 33.4 Å². The van der Waals surface area contributed by atoms with Crippen LogP contribution in [0.25, 0.3) is 0 Å². The van der Waals surface area contributed by atoms with Gasteiger partial charge in [-0.1, -0.05) is 39.5 Å². The molecule has 10 heteroatoms. The monoisotopic (exact) mass is 425 g/mol. The third kappa shape index (κ3) is 5.12. The topological polar surface area (TPSA) is 97.2 Å². The first-order chi connectivity index (χ1) is 13.2. The number of aromatic nitrogens is 3. The molecule has 0 saturated heterocycles. The number of sulfonamides is 1. The standard InChI is InChI=1S/C18H27N5O3S2/c1-6-23(7-2)28(25,26)15-10-8-14(9-11-15)19-16(24)12-27-18-21-20-17(13(3)4)22(18)5/h8-11,13H,6-7,12H2,1-5H3,(H,19,24). The number of carbonyl (C=O) groups is 1. The minimum Gasteiger partial charge on any atom is -0.325 e. The van der Waals surface area contributed by atoms with E-state index >= 15 is 0 Å². The van der Waals surface area contributed by atoms with Crippen LogP contribution in [0.5, 0.6) is 0 Å². The number of hydrogen-bond donors (Lipinski definition) is 1. The molecule has 1 heterocycles. The predicted molar refractivity (Wildman–Crippen MR) is 111 cm³/mol. The Balaban J connectivity index is 1.98. The Morgan fingerprint density at radius 1 is 1.18 bits per heavy atom. The van der Waals surface area contributed by atoms with Crippen molar-refractivity contribution in [1.29, 1.82) is 0 Å². The number of thioether (sulfide) groups is 1. The molecular formula is C18H27N5O3S2. The molecule has 0 aliphatic carbocycles. The van der Waals surface area contributed by atoms with E-state index in [2.05, 4.69) is 15.5 Å². The lowest BCUT2D eigenvalue weighted by molar-refractivity contribution is -0.113. The highest BCUT2D eigenvalue weighted by Gasteiger charge is 2.21. The summed E-state index contributed by atoms with van der Waals surface area (Å²) in [5.41, 5.74) is 0.546. The third-order valence-electron chi connectivity index (χ3n) is 4.20. The molecule has 0 spiro atoms. The SMILES string of the molecule is CCN(CC)S(=O)(=O)c1ccc(NC(=O)CSc2nnc(C(C)C)n2C)cc1. The van der Waals surface area contributed by atoms with E-state index in [0.29, 0.717) is 23.9 Å². The Bertz CT molecular complexity index is 904. The number of carbonyl (C=O) groups excluding carboxylic acids is 1. The molecule has 0 aliphatic rings. The van der Waals surface area contributed by atoms with Gasteiger partial charge in [0.05, 0.1) is 10.6 Å². The summed E-state index contributed by atoms with van der Waals surface area (Å²) in [4.78, 5) is 12.4. The lowest BCUT2D eigenvalue weighted by Gasteiger charge is -2.18. The Morgan fingerprint density at radius 3 is 2.29 bits per heavy atom. The molecule has 1 aromatic heterocycles. The molecule has 0 fully saturated rings. The molecule has 154 valence electrons. The summed E-state index contributed by atoms with van der Waals surface area (Å²) in [6.45, 7) is 8.50. The number of benzene rings is 1. The normalized spacial score (nSPS) is 12.0. The zero-order chi connectivity index (χ0) is 20.9. The maximum atomic E-state index is 12.5. The van der Waals surface area contributed by atoms with Crippen LogP contribution >= 0.6 is 11.8 Å². The van der Waals surface area contributed by atoms with Gasteiger partial charge in [-0.15, -0.1) is 10.2 Å². The highest BCUT2D eigenvalue weighted by Crippen LogP contribution is 2.21. The summed E-state index contributed by atoms with van der Waals surface area (Å²) in [7, 11) is -1.62. The molecule has 0 atom stereocenters. The lowest BCUT2D eigenvalue weighted by Crippen LogP contribution is -2.30. The molecule has 28 heavy (non-hydrogen) atoms. The van der Waals surface area contributed by atoms with Crippen LogP contribution in [0.2, 0.25) is 0 Å². The minimum absolute atomic E-state index is 0.184. The first-order valence-corrected chi connectivity index (χ1v) is 11.5. The molecule has 0 bridgehead atoms. The van der Waals surface area contributed by atoms with Crippen molar-refractivity contribution in [2.75, 3.05) is 24.2 Å². The number of nitrogens with zero attached hydrogens (tertiary/aromatic N) is 4. The van der Waals surface area contributed by atoms with E-state index < -0.39 is 10.0 Å². The van der Waals surface area contributed by atoms with Crippen molar-refractivity contribution in [3.05, 3.63) is 30.1 Å². The molecule has 2 rings (SSSR count). The fourth-order valence-electron chi connectivity index (χ4n) is 2.70. The fraction of sp³-hybridized carbons (Fsp3) is 0.500. The molecule has 0 aliphatic heterocycles. The van der Waals surface area contributed by atoms with E-state index in [1.165, 1.54) is 28.2 Å². The number of hydrogen-bond acceptors (Lipinski definition) is 6. The molecule has 1 aromatic carbocycles. The molecule has 0 radical (unpaired) electrons. The quantitative estimate of drug-likeness (QED) is 0.621. The summed E-state index contributed by atoms with van der Waals surface area (Å²) < 4.78 is 28.3. The van der Waals surface area contributed by atoms with Gasteiger partial charge in [0.1, 0.15) is 5.82 Å². The average Bonchev–Trinajstić information content (AvgIpc) is 3.02. The van der Waals surface area contributed by atoms with E-state index in [4.69, 9.17) is 0 Å². The fourth-order valence-corrected chi connectivity index (χ4v) is 4.88. The van der Waals surface area contributed by atoms with Crippen molar-refractivity contribution in [3.63, 3.8) is 0 Å². The first-order valence-electron chi connectivity index (χ1n) is 9.12. The second-order valence-corrected chi connectivity index (χ2v) is 9.39. The van der Waals surface area contributed by atoms with E-state index in [-0.39, 0.29) is 22.5 Å². The Kier molecular flexibility index (Phi) is 7.62. The van der Waals surface area contributed by atoms with Gasteiger partial charge in [0.25, 0.3) is 0 Å². The molecular weight excluding hydrogens is 398 g/mol. The largest absolute Gasteiger partial charge is 0.325 e. The Labute approximate surface area is 170 Å². The van der Waals surface area contributed by atoms with Crippen LogP contribution in [0.15, 0.2) is 34.3 Å². The van der Waals surface area contributed by atoms with Gasteiger partial charge < -0.3 is 9.88 Å². The number of nitrogens with one attached hydrogen (secondary N) is 1. The highest BCUT2D eigenvalue weighted by molar-refractivity contribution is 7.99. The van der Waals surface area contributed by atoms with Crippen LogP contribution in [0, 0.1) is 0 Å². The summed E-state index contributed by atoms with van der Waals surface area (Å²) in [5, 5.41) is 11.7. The summed E-state index contributed by atoms with van der Waals surface area (Å²) in [5.74, 6) is 1.11. The highest BCUT2D eigenvalue weighted by atomic mass is 32.2. The molecule has 8 nitrogen and oxygen atoms in total. The van der Waals surface area contributed by atoms with Crippen molar-refractivity contribution in [3.8, 4) is 0 Å². The molecule has 0 unspecified atom stereocenters. The summed E-state index contributed by atoms with van der Waals surface area (Å²) >= 11 is 1.30. The maximum absolute atomic E-state index is 12.5. The van der Waals surface area contributed by atoms with Crippen molar-refractivity contribution in [2.24, 2.45) is 7.05 Å². The molecule has 1 amide bonds. The lowest BCUT2D eigenvalue weighted by atomic mass is 10.2. The van der Waals surface area contributed by atoms with Crippen molar-refractivity contribution in [1.82, 2.24) is 19.1 Å². The van der Waals surface area contributed by atoms with Gasteiger partial charge >= 0.3 is 0 Å². The summed E-state index contributed by atoms with van der Waals surface area (Å²) in [6, 6.07) is 6.21. The zero-order valence-corrected chi connectivity index (χ0v) is 18.5. The maximum Gasteiger partial charge on any atom is 0.243 e. The van der Waals surface area contributed by atoms with Crippen molar-refractivity contribution < 1.29 is 13.2 Å². The van der Waals surface area contributed by atoms with Gasteiger partial charge in [-0.2, -0.15) is 4.31 Å². The summed E-state index contributed by atoms with van der Waals surface area (Å²) in [6.07, 6.45) is 0. The van der Waals surface area contributed by atoms with Crippen LogP contribution < -0.4 is 5.32 Å². The van der Waals surface area contributed by atoms with Gasteiger partial charge in [-0.05, 0) is 24.3 Å². The van der Waals surface area contributed by atoms with Crippen LogP contribution in [0.3, 0.4) is 0 Å². The predicted octanol–water partition coefficient (Wildman–Crippen LogP) is 2.70. The zero-order valence-electron chi connectivity index (χ0n) is 16.8. The van der Waals surface area contributed by atoms with E-state index in [1.807, 2.05) is 25.5 Å². The van der Waals surface area contributed by atoms with Crippen LogP contribution in [-0.2, 0) is 21.9 Å². The second kappa shape index (κ2) is 9.53. The molecule has 1 N–H and O–H groups in total. The van der Waals surface area contributed by atoms with Crippen molar-refractivity contribution in [2.45, 2.75) is 43.7 Å². The van der Waals surface area contributed by atoms with Gasteiger partial charge in [-0.25, -0.2) is 8.42 Å². The number of amides is 1. The van der Waals surface area contributed by atoms with Crippen LogP contribution in [-0.4, -0.2) is 52.2 Å². The average molecular weight is 426 g/mol. The minimum atomic E-state index is -3.50. The van der Waals surface area contributed by atoms with E-state index in [0.717, 1.165) is 5.82 Å². The van der Waals surface area contributed by atoms with Gasteiger partial charge in [0, 0.05) is 31.7 Å². The van der Waals surface area contributed by atoms with Crippen LogP contribution in [0.1, 0.15) is 39.4 Å². The Hall–Kier alpha value is -1.91. The van der Waals surface area contributed by atoms with E-state index in [1.54, 1.807) is 26.0 Å².